The second-order valence-electron chi connectivity index (χ2n) is 5.87. The van der Waals surface area contributed by atoms with Crippen LogP contribution >= 0.6 is 0 Å². The van der Waals surface area contributed by atoms with Gasteiger partial charge in [0.2, 0.25) is 0 Å². The van der Waals surface area contributed by atoms with Gasteiger partial charge in [-0.05, 0) is 0 Å². The van der Waals surface area contributed by atoms with Gasteiger partial charge in [-0.15, -0.1) is 0 Å². The average Bonchev–Trinajstić information content (AvgIpc) is 2.60. The molecule has 0 unspecified atom stereocenters. The van der Waals surface area contributed by atoms with E-state index in [0.29, 0.717) is 0 Å². The Bertz CT molecular complexity index is 1100. The molecule has 0 atom stereocenters. The minimum absolute atomic E-state index is 1.30. The summed E-state index contributed by atoms with van der Waals surface area (Å²) in [4.78, 5) is 0. The zero-order chi connectivity index (χ0) is 14.5. The molecule has 5 rings (SSSR count). The summed E-state index contributed by atoms with van der Waals surface area (Å²) < 4.78 is 0. The molecule has 0 amide bonds. The van der Waals surface area contributed by atoms with Gasteiger partial charge in [-0.1, -0.05) is 0 Å². The van der Waals surface area contributed by atoms with E-state index >= 15 is 0 Å². The van der Waals surface area contributed by atoms with Crippen LogP contribution in [0.5, 0.6) is 0 Å². The normalized spacial score (nSPS) is 9.09. The summed E-state index contributed by atoms with van der Waals surface area (Å²) >= 11 is 0. The van der Waals surface area contributed by atoms with E-state index in [2.05, 4.69) is 94.9 Å². The van der Waals surface area contributed by atoms with E-state index in [1.165, 1.54) is 41.8 Å². The zero-order valence-corrected chi connectivity index (χ0v) is 12.1. The summed E-state index contributed by atoms with van der Waals surface area (Å²) in [5.41, 5.74) is 0. The van der Waals surface area contributed by atoms with E-state index in [9.17, 15) is 0 Å². The van der Waals surface area contributed by atoms with Crippen LogP contribution in [0.25, 0.3) is 41.8 Å². The van der Waals surface area contributed by atoms with E-state index in [0.717, 1.165) is 0 Å². The van der Waals surface area contributed by atoms with Crippen LogP contribution in [-0.4, -0.2) is 94.9 Å². The summed E-state index contributed by atoms with van der Waals surface area (Å²) in [7, 11) is 0. The van der Waals surface area contributed by atoms with Crippen molar-refractivity contribution in [3.05, 3.63) is 0 Å². The van der Waals surface area contributed by atoms with Crippen LogP contribution in [0.1, 0.15) is 0 Å². The molecule has 0 aliphatic carbocycles. The summed E-state index contributed by atoms with van der Waals surface area (Å²) in [6.07, 6.45) is 0. The molecule has 0 bridgehead atoms. The zero-order valence-electron chi connectivity index (χ0n) is 12.1. The predicted molar refractivity (Wildman–Crippen MR) is 115 cm³/mol. The van der Waals surface area contributed by atoms with E-state index in [1.807, 2.05) is 0 Å². The van der Waals surface area contributed by atoms with Crippen molar-refractivity contribution in [1.29, 1.82) is 0 Å². The SMILES string of the molecule is b1bbc2c(b1)bbc1bc3bbc4bbbbc4c3bc12. The van der Waals surface area contributed by atoms with Crippen LogP contribution in [0.4, 0.5) is 0 Å². The Morgan fingerprint density at radius 2 is 0.773 bits per heavy atom. The fourth-order valence-electron chi connectivity index (χ4n) is 3.51. The number of fused-ring (bicyclic) bond motifs is 6. The summed E-state index contributed by atoms with van der Waals surface area (Å²) in [6.45, 7) is 30.8. The molecule has 0 aliphatic rings. The molecule has 0 saturated heterocycles. The standard InChI is InChI=1S/C8B14/c9-1-3-7(17-21-19-11-3)15-13-5(1)10-6-2(9)4-8(16-14-6)18-22-20-12-4. The van der Waals surface area contributed by atoms with Gasteiger partial charge in [0.05, 0.1) is 0 Å². The third-order valence-corrected chi connectivity index (χ3v) is 4.61. The van der Waals surface area contributed by atoms with Crippen LogP contribution in [0.15, 0.2) is 0 Å². The molecule has 0 aromatic carbocycles. The van der Waals surface area contributed by atoms with Gasteiger partial charge in [-0.3, -0.25) is 0 Å². The van der Waals surface area contributed by atoms with Gasteiger partial charge in [0.25, 0.3) is 0 Å². The first kappa shape index (κ1) is 14.2. The van der Waals surface area contributed by atoms with Crippen LogP contribution in [0, 0.1) is 0 Å². The summed E-state index contributed by atoms with van der Waals surface area (Å²) in [6, 6.07) is 0. The molecule has 5 aromatic rings. The fourth-order valence-corrected chi connectivity index (χ4v) is 3.51. The topological polar surface area (TPSA) is 0 Å². The third kappa shape index (κ3) is 2.27. The van der Waals surface area contributed by atoms with E-state index in [1.54, 1.807) is 0 Å². The maximum absolute atomic E-state index is 2.36. The first-order valence-corrected chi connectivity index (χ1v) is 7.63. The van der Waals surface area contributed by atoms with Gasteiger partial charge in [-0.25, -0.2) is 0 Å². The molecule has 74 valence electrons. The minimum atomic E-state index is 1.30. The van der Waals surface area contributed by atoms with E-state index in [4.69, 9.17) is 0 Å². The van der Waals surface area contributed by atoms with Crippen molar-refractivity contribution in [2.24, 2.45) is 0 Å². The van der Waals surface area contributed by atoms with Crippen molar-refractivity contribution < 1.29 is 0 Å². The monoisotopic (exact) mass is 250 g/mol. The Kier molecular flexibility index (Phi) is 3.72. The Labute approximate surface area is 136 Å². The van der Waals surface area contributed by atoms with Crippen LogP contribution in [-0.2, 0) is 0 Å². The molecule has 5 aromatic heterocycles. The van der Waals surface area contributed by atoms with Crippen molar-refractivity contribution in [3.63, 3.8) is 0 Å². The van der Waals surface area contributed by atoms with Gasteiger partial charge in [0.1, 0.15) is 0 Å². The fraction of sp³-hybridized carbons (Fsp3) is 0. The maximum atomic E-state index is 2.36. The Morgan fingerprint density at radius 3 is 1.32 bits per heavy atom. The van der Waals surface area contributed by atoms with E-state index in [-0.39, 0.29) is 0 Å². The van der Waals surface area contributed by atoms with Gasteiger partial charge < -0.3 is 0 Å². The van der Waals surface area contributed by atoms with Gasteiger partial charge in [0, 0.05) is 0 Å². The molecular weight excluding hydrogens is 247 g/mol. The van der Waals surface area contributed by atoms with Gasteiger partial charge >= 0.3 is 137 Å². The number of rotatable bonds is 0. The molecule has 0 aliphatic heterocycles. The van der Waals surface area contributed by atoms with E-state index < -0.39 is 0 Å². The third-order valence-electron chi connectivity index (χ3n) is 4.61. The van der Waals surface area contributed by atoms with Crippen LogP contribution < -0.4 is 0 Å². The summed E-state index contributed by atoms with van der Waals surface area (Å²) in [5, 5.41) is 10.5. The second kappa shape index (κ2) is 5.74. The Morgan fingerprint density at radius 1 is 0.318 bits per heavy atom. The molecular formula is C8B14. The molecule has 0 fully saturated rings. The molecule has 22 heavy (non-hydrogen) atoms. The van der Waals surface area contributed by atoms with Crippen molar-refractivity contribution in [1.82, 2.24) is 0 Å². The molecule has 5 heterocycles. The molecule has 14 heteroatoms. The van der Waals surface area contributed by atoms with Crippen molar-refractivity contribution in [2.75, 3.05) is 0 Å². The quantitative estimate of drug-likeness (QED) is 0.203. The Hall–Kier alpha value is -0.131. The van der Waals surface area contributed by atoms with Crippen LogP contribution in [0.2, 0.25) is 0 Å². The second-order valence-corrected chi connectivity index (χ2v) is 5.87. The average molecular weight is 247 g/mol. The summed E-state index contributed by atoms with van der Waals surface area (Å²) in [5.74, 6) is 0. The first-order chi connectivity index (χ1) is 10.9. The first-order valence-electron chi connectivity index (χ1n) is 7.63. The van der Waals surface area contributed by atoms with Crippen molar-refractivity contribution in [3.8, 4) is 0 Å². The van der Waals surface area contributed by atoms with Crippen molar-refractivity contribution >= 4 is 137 Å². The predicted octanol–water partition coefficient (Wildman–Crippen LogP) is -2.97. The number of hydrogen-bond acceptors (Lipinski definition) is 0. The number of hydrogen-bond donors (Lipinski definition) is 0. The molecule has 0 radical (unpaired) electrons. The molecule has 0 spiro atoms. The molecule has 0 nitrogen and oxygen atoms in total. The Balaban J connectivity index is 2.05. The van der Waals surface area contributed by atoms with Crippen molar-refractivity contribution in [2.45, 2.75) is 0 Å². The molecule has 0 saturated carbocycles. The molecule has 0 N–H and O–H groups in total. The van der Waals surface area contributed by atoms with Gasteiger partial charge in [-0.2, -0.15) is 0 Å². The van der Waals surface area contributed by atoms with Crippen LogP contribution in [0.3, 0.4) is 0 Å². The van der Waals surface area contributed by atoms with Gasteiger partial charge in [0.15, 0.2) is 0 Å².